The van der Waals surface area contributed by atoms with Crippen LogP contribution in [0, 0.1) is 10.1 Å². The van der Waals surface area contributed by atoms with Crippen molar-refractivity contribution in [2.75, 3.05) is 5.32 Å². The minimum atomic E-state index is -0.427. The van der Waals surface area contributed by atoms with Crippen LogP contribution < -0.4 is 5.32 Å². The number of halogens is 2. The molecule has 0 aliphatic heterocycles. The molecule has 0 saturated heterocycles. The van der Waals surface area contributed by atoms with Crippen molar-refractivity contribution in [3.05, 3.63) is 68.2 Å². The van der Waals surface area contributed by atoms with Gasteiger partial charge >= 0.3 is 0 Å². The highest BCUT2D eigenvalue weighted by atomic mass is 35.5. The second kappa shape index (κ2) is 6.78. The van der Waals surface area contributed by atoms with E-state index in [4.69, 9.17) is 23.2 Å². The third-order valence-corrected chi connectivity index (χ3v) is 3.61. The molecule has 110 valence electrons. The Labute approximate surface area is 132 Å². The molecule has 0 amide bonds. The van der Waals surface area contributed by atoms with Crippen molar-refractivity contribution in [1.29, 1.82) is 0 Å². The van der Waals surface area contributed by atoms with E-state index in [1.807, 2.05) is 25.1 Å². The Kier molecular flexibility index (Phi) is 5.04. The van der Waals surface area contributed by atoms with Gasteiger partial charge in [-0.05, 0) is 36.2 Å². The van der Waals surface area contributed by atoms with Crippen LogP contribution in [0.1, 0.15) is 24.9 Å². The fraction of sp³-hybridized carbons (Fsp3) is 0.200. The van der Waals surface area contributed by atoms with Gasteiger partial charge in [0.15, 0.2) is 0 Å². The molecular formula is C15H14Cl2N2O2. The van der Waals surface area contributed by atoms with Gasteiger partial charge in [0.2, 0.25) is 0 Å². The fourth-order valence-electron chi connectivity index (χ4n) is 2.12. The zero-order chi connectivity index (χ0) is 15.4. The van der Waals surface area contributed by atoms with E-state index in [0.29, 0.717) is 15.7 Å². The van der Waals surface area contributed by atoms with E-state index in [9.17, 15) is 10.1 Å². The number of nitrogens with zero attached hydrogens (tertiary/aromatic N) is 1. The van der Waals surface area contributed by atoms with Crippen molar-refractivity contribution in [1.82, 2.24) is 0 Å². The smallest absolute Gasteiger partial charge is 0.292 e. The van der Waals surface area contributed by atoms with E-state index in [1.54, 1.807) is 12.1 Å². The Morgan fingerprint density at radius 3 is 2.52 bits per heavy atom. The minimum absolute atomic E-state index is 0.000113. The summed E-state index contributed by atoms with van der Waals surface area (Å²) in [5, 5.41) is 15.4. The van der Waals surface area contributed by atoms with Crippen molar-refractivity contribution in [3.63, 3.8) is 0 Å². The van der Waals surface area contributed by atoms with Gasteiger partial charge in [0, 0.05) is 16.1 Å². The predicted molar refractivity (Wildman–Crippen MR) is 86.2 cm³/mol. The van der Waals surface area contributed by atoms with E-state index < -0.39 is 4.92 Å². The topological polar surface area (TPSA) is 55.2 Å². The summed E-state index contributed by atoms with van der Waals surface area (Å²) in [6.07, 6.45) is 0.754. The molecule has 21 heavy (non-hydrogen) atoms. The first-order chi connectivity index (χ1) is 10.0. The van der Waals surface area contributed by atoms with Gasteiger partial charge in [-0.1, -0.05) is 42.3 Å². The quantitative estimate of drug-likeness (QED) is 0.586. The molecule has 0 aromatic heterocycles. The van der Waals surface area contributed by atoms with Gasteiger partial charge < -0.3 is 5.32 Å². The lowest BCUT2D eigenvalue weighted by molar-refractivity contribution is -0.384. The molecule has 1 unspecified atom stereocenters. The van der Waals surface area contributed by atoms with E-state index in [-0.39, 0.29) is 11.7 Å². The Bertz CT molecular complexity index is 662. The van der Waals surface area contributed by atoms with Crippen LogP contribution in [0.5, 0.6) is 0 Å². The average molecular weight is 325 g/mol. The number of nitro groups is 1. The first-order valence-corrected chi connectivity index (χ1v) is 7.22. The zero-order valence-electron chi connectivity index (χ0n) is 11.3. The van der Waals surface area contributed by atoms with E-state index >= 15 is 0 Å². The lowest BCUT2D eigenvalue weighted by Crippen LogP contribution is -2.11. The third-order valence-electron chi connectivity index (χ3n) is 3.14. The van der Waals surface area contributed by atoms with Crippen LogP contribution in [0.4, 0.5) is 11.4 Å². The fourth-order valence-corrected chi connectivity index (χ4v) is 2.49. The van der Waals surface area contributed by atoms with Crippen LogP contribution in [-0.2, 0) is 0 Å². The molecule has 2 aromatic rings. The molecule has 0 saturated carbocycles. The number of benzene rings is 2. The predicted octanol–water partition coefficient (Wildman–Crippen LogP) is 5.46. The van der Waals surface area contributed by atoms with Gasteiger partial charge in [-0.15, -0.1) is 0 Å². The third kappa shape index (κ3) is 3.86. The van der Waals surface area contributed by atoms with Gasteiger partial charge in [-0.2, -0.15) is 0 Å². The standard InChI is InChI=1S/C15H14Cl2N2O2/c1-2-13(10-4-3-5-11(16)8-10)18-14-9-12(17)6-7-15(14)19(20)21/h3-9,13,18H,2H2,1H3. The average Bonchev–Trinajstić information content (AvgIpc) is 2.44. The van der Waals surface area contributed by atoms with Crippen molar-refractivity contribution in [2.24, 2.45) is 0 Å². The highest BCUT2D eigenvalue weighted by Crippen LogP contribution is 2.32. The van der Waals surface area contributed by atoms with Gasteiger partial charge in [0.1, 0.15) is 5.69 Å². The van der Waals surface area contributed by atoms with Gasteiger partial charge in [0.25, 0.3) is 5.69 Å². The van der Waals surface area contributed by atoms with Crippen LogP contribution in [0.25, 0.3) is 0 Å². The molecule has 0 bridgehead atoms. The molecule has 0 heterocycles. The molecule has 0 aliphatic carbocycles. The van der Waals surface area contributed by atoms with Crippen LogP contribution in [0.2, 0.25) is 10.0 Å². The number of rotatable bonds is 5. The molecule has 0 spiro atoms. The first-order valence-electron chi connectivity index (χ1n) is 6.47. The first kappa shape index (κ1) is 15.6. The molecule has 1 atom stereocenters. The van der Waals surface area contributed by atoms with Gasteiger partial charge in [0.05, 0.1) is 11.0 Å². The summed E-state index contributed by atoms with van der Waals surface area (Å²) in [5.74, 6) is 0. The summed E-state index contributed by atoms with van der Waals surface area (Å²) in [5.41, 5.74) is 1.37. The lowest BCUT2D eigenvalue weighted by Gasteiger charge is -2.19. The van der Waals surface area contributed by atoms with Crippen molar-refractivity contribution < 1.29 is 4.92 Å². The maximum atomic E-state index is 11.1. The summed E-state index contributed by atoms with van der Waals surface area (Å²) in [4.78, 5) is 10.7. The van der Waals surface area contributed by atoms with Crippen molar-refractivity contribution >= 4 is 34.6 Å². The summed E-state index contributed by atoms with van der Waals surface area (Å²) >= 11 is 11.9. The van der Waals surface area contributed by atoms with E-state index in [0.717, 1.165) is 12.0 Å². The maximum absolute atomic E-state index is 11.1. The lowest BCUT2D eigenvalue weighted by atomic mass is 10.0. The minimum Gasteiger partial charge on any atom is -0.373 e. The molecule has 1 N–H and O–H groups in total. The summed E-state index contributed by atoms with van der Waals surface area (Å²) < 4.78 is 0. The number of nitrogens with one attached hydrogen (secondary N) is 1. The number of hydrogen-bond acceptors (Lipinski definition) is 3. The van der Waals surface area contributed by atoms with Crippen LogP contribution in [0.15, 0.2) is 42.5 Å². The summed E-state index contributed by atoms with van der Waals surface area (Å²) in [7, 11) is 0. The number of hydrogen-bond donors (Lipinski definition) is 1. The second-order valence-electron chi connectivity index (χ2n) is 4.58. The molecule has 6 heteroatoms. The van der Waals surface area contributed by atoms with Crippen molar-refractivity contribution in [3.8, 4) is 0 Å². The maximum Gasteiger partial charge on any atom is 0.292 e. The molecule has 2 rings (SSSR count). The molecule has 0 radical (unpaired) electrons. The summed E-state index contributed by atoms with van der Waals surface area (Å²) in [6.45, 7) is 1.99. The Morgan fingerprint density at radius 2 is 1.90 bits per heavy atom. The Morgan fingerprint density at radius 1 is 1.19 bits per heavy atom. The SMILES string of the molecule is CCC(Nc1cc(Cl)ccc1[N+](=O)[O-])c1cccc(Cl)c1. The van der Waals surface area contributed by atoms with Gasteiger partial charge in [-0.25, -0.2) is 0 Å². The van der Waals surface area contributed by atoms with Crippen molar-refractivity contribution in [2.45, 2.75) is 19.4 Å². The van der Waals surface area contributed by atoms with E-state index in [2.05, 4.69) is 5.32 Å². The molecule has 0 aliphatic rings. The highest BCUT2D eigenvalue weighted by Gasteiger charge is 2.18. The Hall–Kier alpha value is -1.78. The normalized spacial score (nSPS) is 12.0. The van der Waals surface area contributed by atoms with Crippen LogP contribution in [0.3, 0.4) is 0 Å². The molecule has 4 nitrogen and oxygen atoms in total. The molecule has 2 aromatic carbocycles. The largest absolute Gasteiger partial charge is 0.373 e. The second-order valence-corrected chi connectivity index (χ2v) is 5.45. The Balaban J connectivity index is 2.34. The summed E-state index contributed by atoms with van der Waals surface area (Å²) in [6, 6.07) is 11.8. The molecular weight excluding hydrogens is 311 g/mol. The van der Waals surface area contributed by atoms with E-state index in [1.165, 1.54) is 12.1 Å². The zero-order valence-corrected chi connectivity index (χ0v) is 12.9. The molecule has 0 fully saturated rings. The monoisotopic (exact) mass is 324 g/mol. The van der Waals surface area contributed by atoms with Crippen LogP contribution in [-0.4, -0.2) is 4.92 Å². The van der Waals surface area contributed by atoms with Gasteiger partial charge in [-0.3, -0.25) is 10.1 Å². The van der Waals surface area contributed by atoms with Crippen LogP contribution >= 0.6 is 23.2 Å². The number of anilines is 1. The highest BCUT2D eigenvalue weighted by molar-refractivity contribution is 6.31. The number of nitro benzene ring substituents is 1.